The number of aromatic nitrogens is 2. The first-order chi connectivity index (χ1) is 11.3. The van der Waals surface area contributed by atoms with Crippen molar-refractivity contribution >= 4 is 16.5 Å². The van der Waals surface area contributed by atoms with Crippen molar-refractivity contribution < 1.29 is 13.2 Å². The minimum atomic E-state index is -4.59. The van der Waals surface area contributed by atoms with Crippen LogP contribution in [0.2, 0.25) is 0 Å². The second-order valence-corrected chi connectivity index (χ2v) is 6.70. The molecule has 0 radical (unpaired) electrons. The SMILES string of the molecule is CN1CC(NCc2ccccc2)[N+]([O-])(c2nnc(C(F)(F)F)s2)C1. The molecule has 2 atom stereocenters. The molecule has 0 saturated carbocycles. The Bertz CT molecular complexity index is 695. The van der Waals surface area contributed by atoms with Gasteiger partial charge in [-0.25, -0.2) is 0 Å². The fourth-order valence-electron chi connectivity index (χ4n) is 2.66. The van der Waals surface area contributed by atoms with Gasteiger partial charge in [-0.1, -0.05) is 35.4 Å². The Hall–Kier alpha value is -1.59. The van der Waals surface area contributed by atoms with Crippen LogP contribution in [0.25, 0.3) is 0 Å². The third-order valence-corrected chi connectivity index (χ3v) is 4.88. The zero-order valence-electron chi connectivity index (χ0n) is 12.8. The molecule has 2 heterocycles. The first kappa shape index (κ1) is 17.2. The third kappa shape index (κ3) is 3.42. The van der Waals surface area contributed by atoms with E-state index in [1.807, 2.05) is 30.3 Å². The van der Waals surface area contributed by atoms with Crippen LogP contribution >= 0.6 is 11.3 Å². The predicted octanol–water partition coefficient (Wildman–Crippen LogP) is 2.38. The third-order valence-electron chi connectivity index (χ3n) is 3.80. The molecule has 1 aliphatic heterocycles. The van der Waals surface area contributed by atoms with E-state index in [1.165, 1.54) is 0 Å². The lowest BCUT2D eigenvalue weighted by Crippen LogP contribution is -2.55. The maximum absolute atomic E-state index is 13.2. The number of hydrogen-bond acceptors (Lipinski definition) is 6. The maximum Gasteiger partial charge on any atom is 0.445 e. The molecule has 130 valence electrons. The smallest absolute Gasteiger partial charge is 0.445 e. The molecule has 2 aromatic rings. The van der Waals surface area contributed by atoms with E-state index >= 15 is 0 Å². The van der Waals surface area contributed by atoms with Crippen LogP contribution in [-0.4, -0.2) is 41.5 Å². The highest BCUT2D eigenvalue weighted by atomic mass is 32.1. The number of rotatable bonds is 4. The topological polar surface area (TPSA) is 64.1 Å². The number of hydroxylamine groups is 2. The van der Waals surface area contributed by atoms with Gasteiger partial charge in [0.2, 0.25) is 5.01 Å². The zero-order valence-corrected chi connectivity index (χ0v) is 13.6. The van der Waals surface area contributed by atoms with E-state index in [0.29, 0.717) is 24.4 Å². The summed E-state index contributed by atoms with van der Waals surface area (Å²) in [6, 6.07) is 9.49. The standard InChI is InChI=1S/C14H16F3N5OS/c1-21-8-11(18-7-10-5-3-2-4-6-10)22(23,9-21)13-20-19-12(24-13)14(15,16)17/h2-6,11,18H,7-9H2,1H3. The number of nitrogens with one attached hydrogen (secondary N) is 1. The van der Waals surface area contributed by atoms with E-state index < -0.39 is 22.0 Å². The van der Waals surface area contributed by atoms with Crippen molar-refractivity contribution in [3.63, 3.8) is 0 Å². The van der Waals surface area contributed by atoms with Gasteiger partial charge in [0.25, 0.3) is 0 Å². The molecule has 3 rings (SSSR count). The largest absolute Gasteiger partial charge is 0.623 e. The first-order valence-electron chi connectivity index (χ1n) is 7.25. The van der Waals surface area contributed by atoms with Gasteiger partial charge in [-0.2, -0.15) is 13.2 Å². The fourth-order valence-corrected chi connectivity index (χ4v) is 3.45. The van der Waals surface area contributed by atoms with Crippen molar-refractivity contribution in [1.29, 1.82) is 0 Å². The van der Waals surface area contributed by atoms with Gasteiger partial charge in [0.05, 0.1) is 6.54 Å². The predicted molar refractivity (Wildman–Crippen MR) is 84.6 cm³/mol. The van der Waals surface area contributed by atoms with Crippen LogP contribution in [0, 0.1) is 5.21 Å². The maximum atomic E-state index is 13.2. The Balaban J connectivity index is 1.79. The van der Waals surface area contributed by atoms with Crippen LogP contribution in [0.5, 0.6) is 0 Å². The van der Waals surface area contributed by atoms with Crippen LogP contribution in [0.4, 0.5) is 18.3 Å². The van der Waals surface area contributed by atoms with Crippen LogP contribution in [0.15, 0.2) is 30.3 Å². The monoisotopic (exact) mass is 359 g/mol. The number of nitrogens with zero attached hydrogens (tertiary/aromatic N) is 4. The molecule has 0 spiro atoms. The molecule has 0 aliphatic carbocycles. The summed E-state index contributed by atoms with van der Waals surface area (Å²) in [7, 11) is 1.75. The average molecular weight is 359 g/mol. The molecular weight excluding hydrogens is 343 g/mol. The Morgan fingerprint density at radius 1 is 1.33 bits per heavy atom. The Labute approximate surface area is 140 Å². The molecule has 1 N–H and O–H groups in total. The lowest BCUT2D eigenvalue weighted by molar-refractivity contribution is -0.138. The van der Waals surface area contributed by atoms with Crippen molar-refractivity contribution in [2.45, 2.75) is 18.9 Å². The first-order valence-corrected chi connectivity index (χ1v) is 8.06. The second-order valence-electron chi connectivity index (χ2n) is 5.75. The zero-order chi connectivity index (χ0) is 17.4. The molecule has 1 aromatic carbocycles. The summed E-state index contributed by atoms with van der Waals surface area (Å²) in [5.74, 6) is 0. The highest BCUT2D eigenvalue weighted by Crippen LogP contribution is 2.38. The van der Waals surface area contributed by atoms with Crippen LogP contribution in [0.1, 0.15) is 10.6 Å². The van der Waals surface area contributed by atoms with E-state index in [-0.39, 0.29) is 11.8 Å². The van der Waals surface area contributed by atoms with E-state index in [1.54, 1.807) is 11.9 Å². The minimum absolute atomic E-state index is 0.0267. The molecule has 1 saturated heterocycles. The number of likely N-dealkylation sites (N-methyl/N-ethyl adjacent to an activating group) is 1. The lowest BCUT2D eigenvalue weighted by Gasteiger charge is -2.39. The molecule has 2 unspecified atom stereocenters. The average Bonchev–Trinajstić information content (AvgIpc) is 3.12. The Kier molecular flexibility index (Phi) is 4.58. The molecule has 6 nitrogen and oxygen atoms in total. The van der Waals surface area contributed by atoms with Gasteiger partial charge in [-0.05, 0) is 23.9 Å². The minimum Gasteiger partial charge on any atom is -0.623 e. The molecule has 1 aromatic heterocycles. The van der Waals surface area contributed by atoms with Gasteiger partial charge < -0.3 is 5.21 Å². The van der Waals surface area contributed by atoms with Gasteiger partial charge in [-0.15, -0.1) is 5.10 Å². The quantitative estimate of drug-likeness (QED) is 0.671. The summed E-state index contributed by atoms with van der Waals surface area (Å²) in [6.45, 7) is 0.892. The van der Waals surface area contributed by atoms with Crippen molar-refractivity contribution in [2.75, 3.05) is 20.3 Å². The van der Waals surface area contributed by atoms with Gasteiger partial charge in [0.15, 0.2) is 6.17 Å². The van der Waals surface area contributed by atoms with E-state index in [4.69, 9.17) is 0 Å². The van der Waals surface area contributed by atoms with Gasteiger partial charge in [0, 0.05) is 6.54 Å². The summed E-state index contributed by atoms with van der Waals surface area (Å²) in [6.07, 6.45) is -5.20. The van der Waals surface area contributed by atoms with E-state index in [9.17, 15) is 18.4 Å². The highest BCUT2D eigenvalue weighted by molar-refractivity contribution is 7.15. The summed E-state index contributed by atoms with van der Waals surface area (Å²) in [5.41, 5.74) is 0.992. The van der Waals surface area contributed by atoms with Crippen molar-refractivity contribution in [3.05, 3.63) is 46.1 Å². The van der Waals surface area contributed by atoms with Crippen molar-refractivity contribution in [2.24, 2.45) is 0 Å². The number of halogens is 3. The van der Waals surface area contributed by atoms with Gasteiger partial charge >= 0.3 is 11.3 Å². The number of quaternary nitrogens is 1. The van der Waals surface area contributed by atoms with E-state index in [0.717, 1.165) is 5.56 Å². The molecule has 0 bridgehead atoms. The number of hydrogen-bond donors (Lipinski definition) is 1. The second kappa shape index (κ2) is 6.37. The Morgan fingerprint density at radius 3 is 2.67 bits per heavy atom. The summed E-state index contributed by atoms with van der Waals surface area (Å²) < 4.78 is 37.2. The molecular formula is C14H16F3N5OS. The van der Waals surface area contributed by atoms with Crippen LogP contribution < -0.4 is 9.96 Å². The number of alkyl halides is 3. The van der Waals surface area contributed by atoms with Crippen LogP contribution in [-0.2, 0) is 12.7 Å². The summed E-state index contributed by atoms with van der Waals surface area (Å²) in [5, 5.41) is 21.7. The van der Waals surface area contributed by atoms with Gasteiger partial charge in [-0.3, -0.25) is 14.9 Å². The lowest BCUT2D eigenvalue weighted by atomic mass is 10.2. The molecule has 1 fully saturated rings. The summed E-state index contributed by atoms with van der Waals surface area (Å²) >= 11 is 0.309. The Morgan fingerprint density at radius 2 is 2.04 bits per heavy atom. The molecule has 0 amide bonds. The van der Waals surface area contributed by atoms with Crippen LogP contribution in [0.3, 0.4) is 0 Å². The highest BCUT2D eigenvalue weighted by Gasteiger charge is 2.45. The molecule has 10 heteroatoms. The van der Waals surface area contributed by atoms with Gasteiger partial charge in [0.1, 0.15) is 6.67 Å². The van der Waals surface area contributed by atoms with E-state index in [2.05, 4.69) is 15.5 Å². The molecule has 24 heavy (non-hydrogen) atoms. The van der Waals surface area contributed by atoms with Crippen molar-refractivity contribution in [3.8, 4) is 0 Å². The normalized spacial score (nSPS) is 25.3. The summed E-state index contributed by atoms with van der Waals surface area (Å²) in [4.78, 5) is 1.77. The number of benzene rings is 1. The fraction of sp³-hybridized carbons (Fsp3) is 0.429. The van der Waals surface area contributed by atoms with Crippen molar-refractivity contribution in [1.82, 2.24) is 25.1 Å². The molecule has 1 aliphatic rings.